The van der Waals surface area contributed by atoms with Crippen molar-refractivity contribution in [3.63, 3.8) is 0 Å². The van der Waals surface area contributed by atoms with Crippen LogP contribution in [0.4, 0.5) is 13.2 Å². The second-order valence-corrected chi connectivity index (χ2v) is 6.46. The molecule has 2 aliphatic rings. The Balaban J connectivity index is 1.75. The highest BCUT2D eigenvalue weighted by Crippen LogP contribution is 2.38. The number of amides is 1. The van der Waals surface area contributed by atoms with Crippen LogP contribution in [0.25, 0.3) is 0 Å². The fourth-order valence-corrected chi connectivity index (χ4v) is 3.10. The highest BCUT2D eigenvalue weighted by Gasteiger charge is 2.39. The molecule has 6 nitrogen and oxygen atoms in total. The third kappa shape index (κ3) is 3.54. The Bertz CT molecular complexity index is 652. The van der Waals surface area contributed by atoms with E-state index in [2.05, 4.69) is 10.4 Å². The zero-order valence-corrected chi connectivity index (χ0v) is 12.8. The molecule has 2 unspecified atom stereocenters. The van der Waals surface area contributed by atoms with Crippen LogP contribution in [-0.4, -0.2) is 32.8 Å². The van der Waals surface area contributed by atoms with Crippen LogP contribution in [0.5, 0.6) is 0 Å². The molecule has 2 N–H and O–H groups in total. The smallest absolute Gasteiger partial charge is 0.435 e. The summed E-state index contributed by atoms with van der Waals surface area (Å²) in [6, 6.07) is 0.259. The number of rotatable bonds is 4. The van der Waals surface area contributed by atoms with Crippen molar-refractivity contribution < 1.29 is 27.9 Å². The number of nitrogens with one attached hydrogen (secondary N) is 1. The monoisotopic (exact) mass is 345 g/mol. The maximum atomic E-state index is 12.9. The lowest BCUT2D eigenvalue weighted by molar-refractivity contribution is -0.143. The highest BCUT2D eigenvalue weighted by molar-refractivity contribution is 5.93. The number of aliphatic carboxylic acids is 1. The van der Waals surface area contributed by atoms with Gasteiger partial charge in [0, 0.05) is 12.1 Å². The first-order valence-electron chi connectivity index (χ1n) is 7.96. The van der Waals surface area contributed by atoms with Gasteiger partial charge in [-0.3, -0.25) is 14.3 Å². The third-order valence-electron chi connectivity index (χ3n) is 4.51. The Labute approximate surface area is 136 Å². The fourth-order valence-electron chi connectivity index (χ4n) is 3.10. The molecule has 1 aromatic heterocycles. The fraction of sp³-hybridized carbons (Fsp3) is 0.667. The normalized spacial score (nSPS) is 24.6. The maximum Gasteiger partial charge on any atom is 0.435 e. The number of hydrogen-bond donors (Lipinski definition) is 2. The molecule has 0 spiro atoms. The molecule has 0 aliphatic heterocycles. The molecule has 1 heterocycles. The van der Waals surface area contributed by atoms with E-state index in [9.17, 15) is 22.8 Å². The number of carbonyl (C=O) groups excluding carboxylic acids is 1. The Morgan fingerprint density at radius 1 is 1.25 bits per heavy atom. The predicted molar refractivity (Wildman–Crippen MR) is 76.3 cm³/mol. The van der Waals surface area contributed by atoms with Gasteiger partial charge in [0.1, 0.15) is 5.69 Å². The molecule has 2 atom stereocenters. The van der Waals surface area contributed by atoms with Crippen molar-refractivity contribution >= 4 is 11.9 Å². The molecule has 3 rings (SSSR count). The van der Waals surface area contributed by atoms with Crippen molar-refractivity contribution in [2.45, 2.75) is 56.8 Å². The molecule has 0 saturated heterocycles. The number of hydrogen-bond acceptors (Lipinski definition) is 3. The topological polar surface area (TPSA) is 84.2 Å². The summed E-state index contributed by atoms with van der Waals surface area (Å²) in [6.45, 7) is 0. The van der Waals surface area contributed by atoms with Gasteiger partial charge in [0.05, 0.1) is 12.0 Å². The van der Waals surface area contributed by atoms with Gasteiger partial charge in [-0.25, -0.2) is 0 Å². The molecule has 0 bridgehead atoms. The molecule has 2 fully saturated rings. The van der Waals surface area contributed by atoms with Crippen LogP contribution in [0, 0.1) is 5.92 Å². The summed E-state index contributed by atoms with van der Waals surface area (Å²) in [6.07, 6.45) is -1.07. The van der Waals surface area contributed by atoms with Crippen molar-refractivity contribution in [1.82, 2.24) is 15.1 Å². The van der Waals surface area contributed by atoms with Gasteiger partial charge < -0.3 is 10.4 Å². The molecular formula is C15H18F3N3O3. The molecular weight excluding hydrogens is 327 g/mol. The van der Waals surface area contributed by atoms with Gasteiger partial charge in [0.25, 0.3) is 5.91 Å². The molecule has 2 saturated carbocycles. The molecule has 1 amide bonds. The van der Waals surface area contributed by atoms with E-state index in [1.165, 1.54) is 0 Å². The lowest BCUT2D eigenvalue weighted by atomic mass is 9.86. The third-order valence-corrected chi connectivity index (χ3v) is 4.51. The van der Waals surface area contributed by atoms with E-state index in [1.54, 1.807) is 0 Å². The van der Waals surface area contributed by atoms with E-state index >= 15 is 0 Å². The zero-order chi connectivity index (χ0) is 17.5. The van der Waals surface area contributed by atoms with Crippen LogP contribution in [-0.2, 0) is 11.0 Å². The van der Waals surface area contributed by atoms with Crippen LogP contribution in [0.3, 0.4) is 0 Å². The van der Waals surface area contributed by atoms with E-state index in [1.807, 2.05) is 0 Å². The molecule has 0 aromatic carbocycles. The van der Waals surface area contributed by atoms with E-state index in [0.29, 0.717) is 38.5 Å². The van der Waals surface area contributed by atoms with Gasteiger partial charge in [0.15, 0.2) is 5.69 Å². The van der Waals surface area contributed by atoms with E-state index in [0.717, 1.165) is 10.7 Å². The second-order valence-electron chi connectivity index (χ2n) is 6.46. The number of halogens is 3. The van der Waals surface area contributed by atoms with Crippen molar-refractivity contribution in [3.8, 4) is 0 Å². The Morgan fingerprint density at radius 3 is 2.54 bits per heavy atom. The molecule has 0 radical (unpaired) electrons. The summed E-state index contributed by atoms with van der Waals surface area (Å²) in [4.78, 5) is 23.5. The average molecular weight is 345 g/mol. The SMILES string of the molecule is O=C(NC1CCCC(C(=O)O)C1)c1cc(C(F)(F)F)nn1C1CC1. The Hall–Kier alpha value is -2.06. The van der Waals surface area contributed by atoms with Crippen molar-refractivity contribution in [2.24, 2.45) is 5.92 Å². The average Bonchev–Trinajstić information content (AvgIpc) is 3.24. The Kier molecular flexibility index (Phi) is 4.27. The minimum atomic E-state index is -4.60. The number of carboxylic acid groups (broad SMARTS) is 1. The van der Waals surface area contributed by atoms with Crippen molar-refractivity contribution in [1.29, 1.82) is 0 Å². The standard InChI is InChI=1S/C15H18F3N3O3/c16-15(17,18)12-7-11(21(20-12)10-4-5-10)13(22)19-9-3-1-2-8(6-9)14(23)24/h7-10H,1-6H2,(H,19,22)(H,23,24). The largest absolute Gasteiger partial charge is 0.481 e. The number of carbonyl (C=O) groups is 2. The first-order chi connectivity index (χ1) is 11.3. The number of alkyl halides is 3. The number of nitrogens with zero attached hydrogens (tertiary/aromatic N) is 2. The van der Waals surface area contributed by atoms with E-state index < -0.39 is 29.7 Å². The van der Waals surface area contributed by atoms with E-state index in [-0.39, 0.29) is 17.8 Å². The first kappa shape index (κ1) is 16.8. The predicted octanol–water partition coefficient (Wildman–Crippen LogP) is 2.61. The van der Waals surface area contributed by atoms with E-state index in [4.69, 9.17) is 5.11 Å². The van der Waals surface area contributed by atoms with Crippen LogP contribution < -0.4 is 5.32 Å². The summed E-state index contributed by atoms with van der Waals surface area (Å²) in [5, 5.41) is 15.3. The Morgan fingerprint density at radius 2 is 1.96 bits per heavy atom. The zero-order valence-electron chi connectivity index (χ0n) is 12.8. The van der Waals surface area contributed by atoms with Crippen LogP contribution in [0.15, 0.2) is 6.07 Å². The molecule has 24 heavy (non-hydrogen) atoms. The lowest BCUT2D eigenvalue weighted by Crippen LogP contribution is -2.40. The summed E-state index contributed by atoms with van der Waals surface area (Å²) < 4.78 is 39.7. The van der Waals surface area contributed by atoms with Crippen LogP contribution in [0.1, 0.15) is 60.7 Å². The maximum absolute atomic E-state index is 12.9. The summed E-state index contributed by atoms with van der Waals surface area (Å²) in [5.74, 6) is -2.06. The van der Waals surface area contributed by atoms with Gasteiger partial charge >= 0.3 is 12.1 Å². The molecule has 2 aliphatic carbocycles. The number of aromatic nitrogens is 2. The minimum absolute atomic E-state index is 0.109. The molecule has 132 valence electrons. The van der Waals surface area contributed by atoms with Gasteiger partial charge in [-0.1, -0.05) is 6.42 Å². The molecule has 9 heteroatoms. The molecule has 1 aromatic rings. The van der Waals surface area contributed by atoms with Gasteiger partial charge in [-0.2, -0.15) is 18.3 Å². The summed E-state index contributed by atoms with van der Waals surface area (Å²) >= 11 is 0. The van der Waals surface area contributed by atoms with Gasteiger partial charge in [0.2, 0.25) is 0 Å². The number of carboxylic acids is 1. The van der Waals surface area contributed by atoms with Crippen LogP contribution in [0.2, 0.25) is 0 Å². The minimum Gasteiger partial charge on any atom is -0.481 e. The summed E-state index contributed by atoms with van der Waals surface area (Å²) in [5.41, 5.74) is -1.19. The second kappa shape index (κ2) is 6.10. The van der Waals surface area contributed by atoms with Gasteiger partial charge in [-0.05, 0) is 32.1 Å². The quantitative estimate of drug-likeness (QED) is 0.879. The first-order valence-corrected chi connectivity index (χ1v) is 7.96. The van der Waals surface area contributed by atoms with Crippen molar-refractivity contribution in [3.05, 3.63) is 17.5 Å². The van der Waals surface area contributed by atoms with Crippen molar-refractivity contribution in [2.75, 3.05) is 0 Å². The highest BCUT2D eigenvalue weighted by atomic mass is 19.4. The van der Waals surface area contributed by atoms with Crippen LogP contribution >= 0.6 is 0 Å². The summed E-state index contributed by atoms with van der Waals surface area (Å²) in [7, 11) is 0. The van der Waals surface area contributed by atoms with Gasteiger partial charge in [-0.15, -0.1) is 0 Å². The lowest BCUT2D eigenvalue weighted by Gasteiger charge is -2.27.